The Labute approximate surface area is 159 Å². The number of hydrogen-bond donors (Lipinski definition) is 0. The van der Waals surface area contributed by atoms with Gasteiger partial charge in [0.25, 0.3) is 0 Å². The van der Waals surface area contributed by atoms with Gasteiger partial charge in [0, 0.05) is 12.3 Å². The van der Waals surface area contributed by atoms with Crippen molar-refractivity contribution >= 4 is 46.5 Å². The van der Waals surface area contributed by atoms with Crippen LogP contribution in [-0.4, -0.2) is 17.6 Å². The predicted molar refractivity (Wildman–Crippen MR) is 97.5 cm³/mol. The van der Waals surface area contributed by atoms with Crippen LogP contribution in [0, 0.1) is 11.8 Å². The van der Waals surface area contributed by atoms with E-state index in [0.29, 0.717) is 17.1 Å². The average molecular weight is 386 g/mol. The van der Waals surface area contributed by atoms with Crippen molar-refractivity contribution in [2.45, 2.75) is 18.3 Å². The van der Waals surface area contributed by atoms with Gasteiger partial charge in [-0.3, -0.25) is 14.4 Å². The van der Waals surface area contributed by atoms with E-state index in [1.54, 1.807) is 12.1 Å². The predicted octanol–water partition coefficient (Wildman–Crippen LogP) is 3.95. The molecule has 0 radical (unpaired) electrons. The van der Waals surface area contributed by atoms with Crippen LogP contribution in [0.5, 0.6) is 0 Å². The number of hydrogen-bond acceptors (Lipinski definition) is 3. The summed E-state index contributed by atoms with van der Waals surface area (Å²) in [5, 5.41) is 0.636. The molecule has 1 heterocycles. The van der Waals surface area contributed by atoms with E-state index in [0.717, 1.165) is 11.1 Å². The highest BCUT2D eigenvalue weighted by molar-refractivity contribution is 6.42. The summed E-state index contributed by atoms with van der Waals surface area (Å²) in [7, 11) is 0. The molecule has 0 unspecified atom stereocenters. The summed E-state index contributed by atoms with van der Waals surface area (Å²) in [4.78, 5) is 40.2. The summed E-state index contributed by atoms with van der Waals surface area (Å²) < 4.78 is 0. The molecule has 130 valence electrons. The number of amides is 2. The van der Waals surface area contributed by atoms with E-state index < -0.39 is 17.8 Å². The van der Waals surface area contributed by atoms with E-state index in [2.05, 4.69) is 0 Å². The van der Waals surface area contributed by atoms with Crippen LogP contribution in [0.3, 0.4) is 0 Å². The minimum Gasteiger partial charge on any atom is -0.299 e. The van der Waals surface area contributed by atoms with Gasteiger partial charge in [0.1, 0.15) is 5.78 Å². The molecule has 1 saturated carbocycles. The molecule has 0 aromatic heterocycles. The molecule has 6 heteroatoms. The van der Waals surface area contributed by atoms with E-state index in [1.807, 2.05) is 24.3 Å². The molecular formula is C20H13Cl2NO3. The van der Waals surface area contributed by atoms with Crippen molar-refractivity contribution in [3.63, 3.8) is 0 Å². The molecule has 4 nitrogen and oxygen atoms in total. The molecule has 3 aliphatic carbocycles. The summed E-state index contributed by atoms with van der Waals surface area (Å²) in [6.45, 7) is 0. The van der Waals surface area contributed by atoms with Crippen LogP contribution < -0.4 is 4.90 Å². The van der Waals surface area contributed by atoms with Crippen LogP contribution in [0.25, 0.3) is 0 Å². The molecular weight excluding hydrogens is 373 g/mol. The molecule has 2 fully saturated rings. The number of benzene rings is 2. The Morgan fingerprint density at radius 3 is 2.27 bits per heavy atom. The van der Waals surface area contributed by atoms with E-state index in [9.17, 15) is 14.4 Å². The maximum Gasteiger partial charge on any atom is 0.238 e. The highest BCUT2D eigenvalue weighted by Crippen LogP contribution is 2.57. The van der Waals surface area contributed by atoms with Crippen molar-refractivity contribution < 1.29 is 14.4 Å². The Balaban J connectivity index is 1.65. The molecule has 4 atom stereocenters. The van der Waals surface area contributed by atoms with E-state index >= 15 is 0 Å². The Bertz CT molecular complexity index is 1000. The summed E-state index contributed by atoms with van der Waals surface area (Å²) in [6.07, 6.45) is 0.317. The number of halogens is 2. The van der Waals surface area contributed by atoms with Gasteiger partial charge in [-0.25, -0.2) is 4.90 Å². The van der Waals surface area contributed by atoms with Gasteiger partial charge >= 0.3 is 0 Å². The third-order valence-corrected chi connectivity index (χ3v) is 6.59. The second kappa shape index (κ2) is 5.41. The molecule has 2 amide bonds. The minimum absolute atomic E-state index is 0.0482. The number of Topliss-reactive ketones (excluding diaryl/α,β-unsaturated/α-hetero) is 1. The second-order valence-electron chi connectivity index (χ2n) is 7.05. The molecule has 0 N–H and O–H groups in total. The van der Waals surface area contributed by atoms with Crippen LogP contribution in [-0.2, 0) is 14.4 Å². The van der Waals surface area contributed by atoms with Crippen molar-refractivity contribution in [1.29, 1.82) is 0 Å². The number of rotatable bonds is 1. The first-order valence-corrected chi connectivity index (χ1v) is 9.19. The first kappa shape index (κ1) is 16.0. The highest BCUT2D eigenvalue weighted by atomic mass is 35.5. The van der Waals surface area contributed by atoms with E-state index in [4.69, 9.17) is 23.2 Å². The molecule has 4 aliphatic rings. The van der Waals surface area contributed by atoms with Crippen molar-refractivity contribution in [1.82, 2.24) is 0 Å². The molecule has 0 spiro atoms. The van der Waals surface area contributed by atoms with Crippen LogP contribution >= 0.6 is 23.2 Å². The van der Waals surface area contributed by atoms with Crippen LogP contribution in [0.1, 0.15) is 29.4 Å². The van der Waals surface area contributed by atoms with Gasteiger partial charge in [-0.05, 0) is 29.3 Å². The Morgan fingerprint density at radius 1 is 0.846 bits per heavy atom. The number of ketones is 1. The van der Waals surface area contributed by atoms with Gasteiger partial charge in [-0.1, -0.05) is 47.5 Å². The lowest BCUT2D eigenvalue weighted by atomic mass is 9.56. The minimum atomic E-state index is -0.627. The Kier molecular flexibility index (Phi) is 3.34. The molecule has 26 heavy (non-hydrogen) atoms. The van der Waals surface area contributed by atoms with E-state index in [1.165, 1.54) is 11.0 Å². The van der Waals surface area contributed by atoms with Gasteiger partial charge in [0.2, 0.25) is 11.8 Å². The maximum atomic E-state index is 13.2. The summed E-state index contributed by atoms with van der Waals surface area (Å²) >= 11 is 12.0. The first-order chi connectivity index (χ1) is 12.5. The molecule has 2 aromatic rings. The van der Waals surface area contributed by atoms with Gasteiger partial charge in [-0.2, -0.15) is 0 Å². The summed E-state index contributed by atoms with van der Waals surface area (Å²) in [6, 6.07) is 12.4. The van der Waals surface area contributed by atoms with Crippen LogP contribution in [0.4, 0.5) is 5.69 Å². The number of anilines is 1. The maximum absolute atomic E-state index is 13.2. The largest absolute Gasteiger partial charge is 0.299 e. The number of fused-ring (bicyclic) bond motifs is 1. The third-order valence-electron chi connectivity index (χ3n) is 5.85. The standard InChI is InChI=1S/C20H13Cl2NO3/c21-13-6-5-9(7-14(13)22)23-19(25)17-12-8-15(24)16(18(17)20(23)26)11-4-2-1-3-10(11)12/h1-7,12,16-18H,8H2/t12-,16-,17-,18+/m0/s1. The van der Waals surface area contributed by atoms with Gasteiger partial charge in [0.15, 0.2) is 0 Å². The summed E-state index contributed by atoms with van der Waals surface area (Å²) in [5.74, 6) is -2.42. The Morgan fingerprint density at radius 2 is 1.54 bits per heavy atom. The average Bonchev–Trinajstić information content (AvgIpc) is 2.90. The normalized spacial score (nSPS) is 29.2. The zero-order valence-electron chi connectivity index (χ0n) is 13.5. The van der Waals surface area contributed by atoms with Gasteiger partial charge < -0.3 is 0 Å². The lowest BCUT2D eigenvalue weighted by molar-refractivity contribution is -0.134. The first-order valence-electron chi connectivity index (χ1n) is 8.43. The van der Waals surface area contributed by atoms with Crippen LogP contribution in [0.15, 0.2) is 42.5 Å². The van der Waals surface area contributed by atoms with Gasteiger partial charge in [0.05, 0.1) is 33.5 Å². The highest BCUT2D eigenvalue weighted by Gasteiger charge is 2.62. The molecule has 2 bridgehead atoms. The molecule has 1 saturated heterocycles. The number of carbonyl (C=O) groups is 3. The molecule has 1 aliphatic heterocycles. The monoisotopic (exact) mass is 385 g/mol. The van der Waals surface area contributed by atoms with Crippen LogP contribution in [0.2, 0.25) is 10.0 Å². The smallest absolute Gasteiger partial charge is 0.238 e. The van der Waals surface area contributed by atoms with Crippen molar-refractivity contribution in [2.24, 2.45) is 11.8 Å². The summed E-state index contributed by atoms with van der Waals surface area (Å²) in [5.41, 5.74) is 2.32. The fourth-order valence-corrected chi connectivity index (χ4v) is 5.13. The fourth-order valence-electron chi connectivity index (χ4n) is 4.84. The Hall–Kier alpha value is -2.17. The van der Waals surface area contributed by atoms with Crippen molar-refractivity contribution in [3.05, 3.63) is 63.6 Å². The SMILES string of the molecule is O=C1C[C@H]2c3ccccc3[C@@H]1[C@H]1C(=O)N(c3ccc(Cl)c(Cl)c3)C(=O)[C@H]12. The lowest BCUT2D eigenvalue weighted by Crippen LogP contribution is -2.44. The lowest BCUT2D eigenvalue weighted by Gasteiger charge is -2.43. The number of nitrogens with zero attached hydrogens (tertiary/aromatic N) is 1. The van der Waals surface area contributed by atoms with Gasteiger partial charge in [-0.15, -0.1) is 0 Å². The molecule has 6 rings (SSSR count). The fraction of sp³-hybridized carbons (Fsp3) is 0.250. The number of imide groups is 1. The second-order valence-corrected chi connectivity index (χ2v) is 7.86. The molecule has 2 aromatic carbocycles. The van der Waals surface area contributed by atoms with Crippen molar-refractivity contribution in [2.75, 3.05) is 4.90 Å². The topological polar surface area (TPSA) is 54.5 Å². The number of carbonyl (C=O) groups excluding carboxylic acids is 3. The quantitative estimate of drug-likeness (QED) is 0.698. The van der Waals surface area contributed by atoms with E-state index in [-0.39, 0.29) is 28.5 Å². The zero-order chi connectivity index (χ0) is 18.2. The third kappa shape index (κ3) is 1.94. The van der Waals surface area contributed by atoms with Crippen molar-refractivity contribution in [3.8, 4) is 0 Å². The zero-order valence-corrected chi connectivity index (χ0v) is 15.0.